The molecule has 0 atom stereocenters. The van der Waals surface area contributed by atoms with Crippen LogP contribution in [-0.4, -0.2) is 8.42 Å². The zero-order valence-electron chi connectivity index (χ0n) is 12.5. The number of halogens is 2. The van der Waals surface area contributed by atoms with E-state index >= 15 is 0 Å². The average Bonchev–Trinajstić information content (AvgIpc) is 2.36. The monoisotopic (exact) mass is 357 g/mol. The number of hydrogen-bond donors (Lipinski definition) is 1. The fourth-order valence-corrected chi connectivity index (χ4v) is 4.09. The summed E-state index contributed by atoms with van der Waals surface area (Å²) in [6.45, 7) is 6.13. The number of anilines is 1. The second-order valence-corrected chi connectivity index (χ2v) is 8.45. The summed E-state index contributed by atoms with van der Waals surface area (Å²) in [5.74, 6) is 0. The number of nitrogens with one attached hydrogen (secondary N) is 1. The first kappa shape index (κ1) is 17.1. The first-order valence-corrected chi connectivity index (χ1v) is 8.92. The first-order chi connectivity index (χ1) is 10.1. The maximum Gasteiger partial charge on any atom is 0.263 e. The van der Waals surface area contributed by atoms with Crippen LogP contribution in [0.3, 0.4) is 0 Å². The third kappa shape index (κ3) is 3.75. The van der Waals surface area contributed by atoms with Crippen LogP contribution in [0.1, 0.15) is 26.3 Å². The van der Waals surface area contributed by atoms with Gasteiger partial charge in [0.15, 0.2) is 0 Å². The Morgan fingerprint density at radius 3 is 2.14 bits per heavy atom. The summed E-state index contributed by atoms with van der Waals surface area (Å²) in [6, 6.07) is 11.4. The van der Waals surface area contributed by atoms with Gasteiger partial charge in [-0.1, -0.05) is 62.2 Å². The second kappa shape index (κ2) is 6.11. The Hall–Kier alpha value is -1.23. The molecule has 0 aliphatic heterocycles. The van der Waals surface area contributed by atoms with Crippen molar-refractivity contribution in [2.45, 2.75) is 31.1 Å². The summed E-state index contributed by atoms with van der Waals surface area (Å²) >= 11 is 12.2. The minimum absolute atomic E-state index is 0.0349. The molecule has 3 nitrogen and oxygen atoms in total. The van der Waals surface area contributed by atoms with Crippen LogP contribution in [0.5, 0.6) is 0 Å². The van der Waals surface area contributed by atoms with Gasteiger partial charge in [-0.15, -0.1) is 0 Å². The van der Waals surface area contributed by atoms with E-state index in [1.54, 1.807) is 24.3 Å². The van der Waals surface area contributed by atoms with Crippen molar-refractivity contribution >= 4 is 38.9 Å². The third-order valence-electron chi connectivity index (χ3n) is 3.16. The van der Waals surface area contributed by atoms with Gasteiger partial charge in [-0.2, -0.15) is 0 Å². The Morgan fingerprint density at radius 1 is 0.955 bits per heavy atom. The molecule has 6 heteroatoms. The Bertz CT molecular complexity index is 796. The molecular formula is C16H17Cl2NO2S. The van der Waals surface area contributed by atoms with Gasteiger partial charge in [0, 0.05) is 5.02 Å². The Morgan fingerprint density at radius 2 is 1.59 bits per heavy atom. The molecule has 118 valence electrons. The van der Waals surface area contributed by atoms with Crippen molar-refractivity contribution < 1.29 is 8.42 Å². The van der Waals surface area contributed by atoms with Gasteiger partial charge in [-0.05, 0) is 35.2 Å². The smallest absolute Gasteiger partial charge is 0.263 e. The molecule has 0 unspecified atom stereocenters. The fraction of sp³-hybridized carbons (Fsp3) is 0.250. The summed E-state index contributed by atoms with van der Waals surface area (Å²) in [5.41, 5.74) is 1.24. The summed E-state index contributed by atoms with van der Waals surface area (Å²) in [4.78, 5) is 0.0349. The molecule has 0 saturated carbocycles. The molecule has 2 rings (SSSR count). The molecule has 0 aliphatic rings. The maximum absolute atomic E-state index is 12.4. The fourth-order valence-electron chi connectivity index (χ4n) is 2.06. The minimum atomic E-state index is -3.75. The second-order valence-electron chi connectivity index (χ2n) is 5.98. The molecule has 0 aliphatic carbocycles. The third-order valence-corrected chi connectivity index (χ3v) is 5.35. The molecule has 0 bridgehead atoms. The SMILES string of the molecule is CC(C)(C)c1ccc(NS(=O)(=O)c2ccccc2Cl)cc1Cl. The maximum atomic E-state index is 12.4. The van der Waals surface area contributed by atoms with E-state index in [0.717, 1.165) is 5.56 Å². The lowest BCUT2D eigenvalue weighted by atomic mass is 9.87. The van der Waals surface area contributed by atoms with Crippen LogP contribution in [0.4, 0.5) is 5.69 Å². The predicted octanol–water partition coefficient (Wildman–Crippen LogP) is 5.09. The van der Waals surface area contributed by atoms with Crippen molar-refractivity contribution in [2.24, 2.45) is 0 Å². The lowest BCUT2D eigenvalue weighted by Crippen LogP contribution is -2.15. The van der Waals surface area contributed by atoms with Crippen LogP contribution < -0.4 is 4.72 Å². The quantitative estimate of drug-likeness (QED) is 0.831. The lowest BCUT2D eigenvalue weighted by molar-refractivity contribution is 0.590. The average molecular weight is 358 g/mol. The van der Waals surface area contributed by atoms with Crippen LogP contribution in [0.25, 0.3) is 0 Å². The van der Waals surface area contributed by atoms with Crippen LogP contribution in [0.2, 0.25) is 10.0 Å². The van der Waals surface area contributed by atoms with E-state index in [1.807, 2.05) is 26.8 Å². The van der Waals surface area contributed by atoms with E-state index in [4.69, 9.17) is 23.2 Å². The van der Waals surface area contributed by atoms with Crippen LogP contribution >= 0.6 is 23.2 Å². The number of benzene rings is 2. The van der Waals surface area contributed by atoms with Crippen LogP contribution in [-0.2, 0) is 15.4 Å². The van der Waals surface area contributed by atoms with Gasteiger partial charge in [0.2, 0.25) is 0 Å². The highest BCUT2D eigenvalue weighted by atomic mass is 35.5. The van der Waals surface area contributed by atoms with Crippen LogP contribution in [0.15, 0.2) is 47.4 Å². The minimum Gasteiger partial charge on any atom is -0.280 e. The molecule has 0 spiro atoms. The van der Waals surface area contributed by atoms with Crippen LogP contribution in [0, 0.1) is 0 Å². The summed E-state index contributed by atoms with van der Waals surface area (Å²) in [7, 11) is -3.75. The Balaban J connectivity index is 2.36. The zero-order valence-corrected chi connectivity index (χ0v) is 14.9. The summed E-state index contributed by atoms with van der Waals surface area (Å²) in [6.07, 6.45) is 0. The highest BCUT2D eigenvalue weighted by Crippen LogP contribution is 2.32. The summed E-state index contributed by atoms with van der Waals surface area (Å²) in [5, 5.41) is 0.694. The molecule has 22 heavy (non-hydrogen) atoms. The largest absolute Gasteiger partial charge is 0.280 e. The van der Waals surface area contributed by atoms with Gasteiger partial charge in [0.25, 0.3) is 10.0 Å². The molecule has 2 aromatic carbocycles. The van der Waals surface area contributed by atoms with E-state index in [0.29, 0.717) is 10.7 Å². The summed E-state index contributed by atoms with van der Waals surface area (Å²) < 4.78 is 27.3. The highest BCUT2D eigenvalue weighted by molar-refractivity contribution is 7.92. The topological polar surface area (TPSA) is 46.2 Å². The standard InChI is InChI=1S/C16H17Cl2NO2S/c1-16(2,3)12-9-8-11(10-14(12)18)19-22(20,21)15-7-5-4-6-13(15)17/h4-10,19H,1-3H3. The van der Waals surface area contributed by atoms with Gasteiger partial charge >= 0.3 is 0 Å². The van der Waals surface area contributed by atoms with Crippen molar-refractivity contribution in [3.05, 3.63) is 58.1 Å². The molecule has 0 radical (unpaired) electrons. The van der Waals surface area contributed by atoms with Crippen molar-refractivity contribution in [1.82, 2.24) is 0 Å². The molecule has 0 saturated heterocycles. The van der Waals surface area contributed by atoms with Crippen molar-refractivity contribution in [1.29, 1.82) is 0 Å². The van der Waals surface area contributed by atoms with E-state index in [2.05, 4.69) is 4.72 Å². The molecule has 2 aromatic rings. The van der Waals surface area contributed by atoms with Gasteiger partial charge in [0.1, 0.15) is 4.90 Å². The number of hydrogen-bond acceptors (Lipinski definition) is 2. The van der Waals surface area contributed by atoms with Gasteiger partial charge in [-0.25, -0.2) is 8.42 Å². The van der Waals surface area contributed by atoms with E-state index in [-0.39, 0.29) is 15.3 Å². The Labute approximate surface area is 141 Å². The van der Waals surface area contributed by atoms with Gasteiger partial charge < -0.3 is 0 Å². The normalized spacial score (nSPS) is 12.2. The Kier molecular flexibility index (Phi) is 4.76. The first-order valence-electron chi connectivity index (χ1n) is 6.68. The predicted molar refractivity (Wildman–Crippen MR) is 92.4 cm³/mol. The molecule has 1 N–H and O–H groups in total. The highest BCUT2D eigenvalue weighted by Gasteiger charge is 2.20. The molecule has 0 aromatic heterocycles. The number of rotatable bonds is 3. The van der Waals surface area contributed by atoms with E-state index in [1.165, 1.54) is 12.1 Å². The van der Waals surface area contributed by atoms with Gasteiger partial charge in [-0.3, -0.25) is 4.72 Å². The molecule has 0 fully saturated rings. The van der Waals surface area contributed by atoms with Crippen molar-refractivity contribution in [3.8, 4) is 0 Å². The molecule has 0 heterocycles. The molecule has 0 amide bonds. The van der Waals surface area contributed by atoms with Crippen molar-refractivity contribution in [3.63, 3.8) is 0 Å². The number of sulfonamides is 1. The molecular weight excluding hydrogens is 341 g/mol. The van der Waals surface area contributed by atoms with Gasteiger partial charge in [0.05, 0.1) is 10.7 Å². The van der Waals surface area contributed by atoms with Crippen molar-refractivity contribution in [2.75, 3.05) is 4.72 Å². The van der Waals surface area contributed by atoms with E-state index < -0.39 is 10.0 Å². The zero-order chi connectivity index (χ0) is 16.5. The lowest BCUT2D eigenvalue weighted by Gasteiger charge is -2.21. The van der Waals surface area contributed by atoms with E-state index in [9.17, 15) is 8.42 Å².